The molecule has 2 rings (SSSR count). The van der Waals surface area contributed by atoms with Gasteiger partial charge in [-0.3, -0.25) is 0 Å². The lowest BCUT2D eigenvalue weighted by atomic mass is 9.87. The maximum Gasteiger partial charge on any atom is 0.331 e. The molecule has 0 saturated carbocycles. The second-order valence-corrected chi connectivity index (χ2v) is 4.99. The van der Waals surface area contributed by atoms with Gasteiger partial charge in [0.1, 0.15) is 0 Å². The third-order valence-electron chi connectivity index (χ3n) is 2.89. The first-order chi connectivity index (χ1) is 8.20. The molecule has 0 heterocycles. The van der Waals surface area contributed by atoms with Crippen molar-refractivity contribution in [1.29, 1.82) is 0 Å². The number of rotatable bonds is 2. The molecule has 90 valence electrons. The maximum atomic E-state index is 11.5. The van der Waals surface area contributed by atoms with Crippen molar-refractivity contribution in [3.05, 3.63) is 39.9 Å². The summed E-state index contributed by atoms with van der Waals surface area (Å²) in [5.41, 5.74) is 3.58. The number of carbonyl (C=O) groups excluding carboxylic acids is 1. The van der Waals surface area contributed by atoms with Crippen LogP contribution in [0.25, 0.3) is 5.57 Å². The van der Waals surface area contributed by atoms with Gasteiger partial charge < -0.3 is 4.74 Å². The Balaban J connectivity index is 2.33. The highest BCUT2D eigenvalue weighted by Crippen LogP contribution is 2.32. The van der Waals surface area contributed by atoms with Crippen LogP contribution >= 0.6 is 15.9 Å². The number of fused-ring (bicyclic) bond motifs is 1. The fourth-order valence-electron chi connectivity index (χ4n) is 2.15. The Labute approximate surface area is 110 Å². The molecule has 0 aromatic heterocycles. The second-order valence-electron chi connectivity index (χ2n) is 4.08. The second kappa shape index (κ2) is 5.50. The van der Waals surface area contributed by atoms with E-state index in [1.165, 1.54) is 11.1 Å². The van der Waals surface area contributed by atoms with E-state index >= 15 is 0 Å². The van der Waals surface area contributed by atoms with Gasteiger partial charge in [0.2, 0.25) is 0 Å². The summed E-state index contributed by atoms with van der Waals surface area (Å²) in [4.78, 5) is 11.5. The van der Waals surface area contributed by atoms with Gasteiger partial charge in [-0.05, 0) is 55.0 Å². The largest absolute Gasteiger partial charge is 0.463 e. The number of allylic oxidation sites excluding steroid dienone is 1. The van der Waals surface area contributed by atoms with Crippen molar-refractivity contribution < 1.29 is 9.53 Å². The molecule has 0 aliphatic heterocycles. The molecule has 0 radical (unpaired) electrons. The van der Waals surface area contributed by atoms with Crippen molar-refractivity contribution >= 4 is 27.5 Å². The lowest BCUT2D eigenvalue weighted by molar-refractivity contribution is -0.137. The molecule has 1 aliphatic rings. The van der Waals surface area contributed by atoms with Crippen molar-refractivity contribution in [3.63, 3.8) is 0 Å². The van der Waals surface area contributed by atoms with Crippen molar-refractivity contribution in [1.82, 2.24) is 0 Å². The zero-order valence-corrected chi connectivity index (χ0v) is 11.4. The molecule has 2 nitrogen and oxygen atoms in total. The molecule has 17 heavy (non-hydrogen) atoms. The summed E-state index contributed by atoms with van der Waals surface area (Å²) in [6, 6.07) is 6.25. The van der Waals surface area contributed by atoms with Crippen LogP contribution in [0.4, 0.5) is 0 Å². The van der Waals surface area contributed by atoms with Gasteiger partial charge in [-0.2, -0.15) is 0 Å². The Morgan fingerprint density at radius 1 is 1.47 bits per heavy atom. The minimum Gasteiger partial charge on any atom is -0.463 e. The van der Waals surface area contributed by atoms with Gasteiger partial charge in [0.05, 0.1) is 6.61 Å². The van der Waals surface area contributed by atoms with Crippen molar-refractivity contribution in [2.24, 2.45) is 0 Å². The number of ether oxygens (including phenoxy) is 1. The Kier molecular flexibility index (Phi) is 4.00. The van der Waals surface area contributed by atoms with Crippen molar-refractivity contribution in [2.75, 3.05) is 6.61 Å². The molecule has 0 amide bonds. The molecule has 1 aromatic carbocycles. The highest BCUT2D eigenvalue weighted by atomic mass is 79.9. The smallest absolute Gasteiger partial charge is 0.331 e. The Bertz CT molecular complexity index is 463. The quantitative estimate of drug-likeness (QED) is 0.614. The number of esters is 1. The summed E-state index contributed by atoms with van der Waals surface area (Å²) >= 11 is 3.47. The highest BCUT2D eigenvalue weighted by Gasteiger charge is 2.15. The predicted octanol–water partition coefficient (Wildman–Crippen LogP) is 3.73. The van der Waals surface area contributed by atoms with E-state index in [1.807, 2.05) is 13.0 Å². The SMILES string of the molecule is CCOC(=O)/C=C1/CCCc2ccc(Br)cc21. The van der Waals surface area contributed by atoms with Crippen LogP contribution in [0, 0.1) is 0 Å². The standard InChI is InChI=1S/C14H15BrO2/c1-2-17-14(16)8-11-5-3-4-10-6-7-12(15)9-13(10)11/h6-9H,2-5H2,1H3/b11-8-. The zero-order valence-electron chi connectivity index (χ0n) is 9.83. The molecule has 0 N–H and O–H groups in total. The van der Waals surface area contributed by atoms with E-state index in [-0.39, 0.29) is 5.97 Å². The molecule has 0 fully saturated rings. The number of halogens is 1. The lowest BCUT2D eigenvalue weighted by Gasteiger charge is -2.19. The van der Waals surface area contributed by atoms with Gasteiger partial charge in [0.15, 0.2) is 0 Å². The third kappa shape index (κ3) is 2.97. The number of carbonyl (C=O) groups is 1. The molecular formula is C14H15BrO2. The Morgan fingerprint density at radius 2 is 2.29 bits per heavy atom. The normalized spacial score (nSPS) is 16.7. The average molecular weight is 295 g/mol. The van der Waals surface area contributed by atoms with Crippen LogP contribution in [0.5, 0.6) is 0 Å². The first-order valence-electron chi connectivity index (χ1n) is 5.87. The van der Waals surface area contributed by atoms with Gasteiger partial charge in [-0.25, -0.2) is 4.79 Å². The summed E-state index contributed by atoms with van der Waals surface area (Å²) in [5, 5.41) is 0. The molecule has 0 saturated heterocycles. The van der Waals surface area contributed by atoms with Crippen LogP contribution in [-0.4, -0.2) is 12.6 Å². The topological polar surface area (TPSA) is 26.3 Å². The van der Waals surface area contributed by atoms with E-state index < -0.39 is 0 Å². The monoisotopic (exact) mass is 294 g/mol. The molecular weight excluding hydrogens is 280 g/mol. The van der Waals surface area contributed by atoms with E-state index in [0.29, 0.717) is 6.61 Å². The first-order valence-corrected chi connectivity index (χ1v) is 6.66. The van der Waals surface area contributed by atoms with Crippen molar-refractivity contribution in [2.45, 2.75) is 26.2 Å². The minimum absolute atomic E-state index is 0.240. The number of hydrogen-bond acceptors (Lipinski definition) is 2. The van der Waals surface area contributed by atoms with Gasteiger partial charge in [0.25, 0.3) is 0 Å². The average Bonchev–Trinajstić information content (AvgIpc) is 2.30. The van der Waals surface area contributed by atoms with E-state index in [9.17, 15) is 4.79 Å². The van der Waals surface area contributed by atoms with Crippen LogP contribution in [0.1, 0.15) is 30.9 Å². The summed E-state index contributed by atoms with van der Waals surface area (Å²) in [5.74, 6) is -0.240. The third-order valence-corrected chi connectivity index (χ3v) is 3.38. The lowest BCUT2D eigenvalue weighted by Crippen LogP contribution is -2.06. The van der Waals surface area contributed by atoms with Gasteiger partial charge >= 0.3 is 5.97 Å². The van der Waals surface area contributed by atoms with Crippen LogP contribution < -0.4 is 0 Å². The van der Waals surface area contributed by atoms with Crippen LogP contribution in [-0.2, 0) is 16.0 Å². The molecule has 0 bridgehead atoms. The predicted molar refractivity (Wildman–Crippen MR) is 71.7 cm³/mol. The van der Waals surface area contributed by atoms with Gasteiger partial charge in [-0.1, -0.05) is 22.0 Å². The summed E-state index contributed by atoms with van der Waals surface area (Å²) in [6.45, 7) is 2.25. The molecule has 3 heteroatoms. The van der Waals surface area contributed by atoms with Crippen LogP contribution in [0.15, 0.2) is 28.7 Å². The number of hydrogen-bond donors (Lipinski definition) is 0. The number of aryl methyl sites for hydroxylation is 1. The fourth-order valence-corrected chi connectivity index (χ4v) is 2.51. The molecule has 0 atom stereocenters. The molecule has 1 aliphatic carbocycles. The zero-order chi connectivity index (χ0) is 12.3. The van der Waals surface area contributed by atoms with E-state index in [4.69, 9.17) is 4.74 Å². The highest BCUT2D eigenvalue weighted by molar-refractivity contribution is 9.10. The summed E-state index contributed by atoms with van der Waals surface area (Å²) < 4.78 is 6.01. The fraction of sp³-hybridized carbons (Fsp3) is 0.357. The Hall–Kier alpha value is -1.09. The van der Waals surface area contributed by atoms with Gasteiger partial charge in [-0.15, -0.1) is 0 Å². The van der Waals surface area contributed by atoms with E-state index in [0.717, 1.165) is 29.3 Å². The molecule has 0 spiro atoms. The maximum absolute atomic E-state index is 11.5. The van der Waals surface area contributed by atoms with Gasteiger partial charge in [0, 0.05) is 10.5 Å². The van der Waals surface area contributed by atoms with E-state index in [2.05, 4.69) is 28.1 Å². The molecule has 1 aromatic rings. The first kappa shape index (κ1) is 12.4. The van der Waals surface area contributed by atoms with Crippen LogP contribution in [0.2, 0.25) is 0 Å². The van der Waals surface area contributed by atoms with Crippen LogP contribution in [0.3, 0.4) is 0 Å². The minimum atomic E-state index is -0.240. The number of benzene rings is 1. The summed E-state index contributed by atoms with van der Waals surface area (Å²) in [7, 11) is 0. The molecule has 0 unspecified atom stereocenters. The van der Waals surface area contributed by atoms with E-state index in [1.54, 1.807) is 6.08 Å². The summed E-state index contributed by atoms with van der Waals surface area (Å²) in [6.07, 6.45) is 4.76. The Morgan fingerprint density at radius 3 is 3.06 bits per heavy atom. The van der Waals surface area contributed by atoms with Crippen molar-refractivity contribution in [3.8, 4) is 0 Å².